The lowest BCUT2D eigenvalue weighted by Crippen LogP contribution is -2.39. The molecule has 1 saturated carbocycles. The molecule has 1 aromatic carbocycles. The van der Waals surface area contributed by atoms with Gasteiger partial charge in [-0.15, -0.1) is 0 Å². The number of fused-ring (bicyclic) bond motifs is 1. The van der Waals surface area contributed by atoms with Gasteiger partial charge in [0.2, 0.25) is 0 Å². The van der Waals surface area contributed by atoms with Crippen molar-refractivity contribution in [2.24, 2.45) is 0 Å². The lowest BCUT2D eigenvalue weighted by Gasteiger charge is -2.29. The molecule has 1 aliphatic rings. The summed E-state index contributed by atoms with van der Waals surface area (Å²) in [6.45, 7) is -2.77. The summed E-state index contributed by atoms with van der Waals surface area (Å²) in [5.41, 5.74) is 7.80. The van der Waals surface area contributed by atoms with E-state index in [1.54, 1.807) is 24.5 Å². The van der Waals surface area contributed by atoms with Gasteiger partial charge in [-0.25, -0.2) is 9.67 Å². The summed E-state index contributed by atoms with van der Waals surface area (Å²) < 4.78 is 31.8. The van der Waals surface area contributed by atoms with Crippen molar-refractivity contribution in [3.05, 3.63) is 42.5 Å². The number of hydrogen-bond donors (Lipinski definition) is 2. The third kappa shape index (κ3) is 4.25. The minimum atomic E-state index is -2.77. The minimum absolute atomic E-state index is 0.0199. The summed E-state index contributed by atoms with van der Waals surface area (Å²) in [5, 5.41) is 6.44. The molecule has 1 aliphatic carbocycles. The smallest absolute Gasteiger partial charge is 0.333 e. The number of hydrogen-bond acceptors (Lipinski definition) is 6. The number of ether oxygens (including phenoxy) is 1. The van der Waals surface area contributed by atoms with E-state index in [1.165, 1.54) is 6.07 Å². The Morgan fingerprint density at radius 2 is 1.97 bits per heavy atom. The zero-order valence-corrected chi connectivity index (χ0v) is 15.5. The van der Waals surface area contributed by atoms with Crippen molar-refractivity contribution in [1.82, 2.24) is 25.1 Å². The average Bonchev–Trinajstić information content (AvgIpc) is 3.20. The Balaban J connectivity index is 1.34. The van der Waals surface area contributed by atoms with Crippen molar-refractivity contribution in [3.63, 3.8) is 0 Å². The molecule has 8 nitrogen and oxygen atoms in total. The second-order valence-electron chi connectivity index (χ2n) is 6.97. The molecule has 1 amide bonds. The van der Waals surface area contributed by atoms with E-state index in [1.807, 2.05) is 0 Å². The number of amides is 1. The van der Waals surface area contributed by atoms with Crippen LogP contribution in [0.1, 0.15) is 42.7 Å². The van der Waals surface area contributed by atoms with E-state index in [9.17, 15) is 13.6 Å². The first-order valence-corrected chi connectivity index (χ1v) is 9.30. The summed E-state index contributed by atoms with van der Waals surface area (Å²) in [6, 6.07) is 4.71. The molecule has 2 heterocycles. The zero-order valence-electron chi connectivity index (χ0n) is 15.5. The molecular weight excluding hydrogens is 382 g/mol. The van der Waals surface area contributed by atoms with E-state index in [-0.39, 0.29) is 17.8 Å². The molecule has 3 aromatic rings. The molecule has 2 aromatic heterocycles. The number of halogens is 2. The van der Waals surface area contributed by atoms with Gasteiger partial charge in [-0.05, 0) is 37.8 Å². The maximum atomic E-state index is 12.6. The van der Waals surface area contributed by atoms with E-state index in [0.717, 1.165) is 19.0 Å². The molecule has 10 heteroatoms. The monoisotopic (exact) mass is 402 g/mol. The molecule has 152 valence electrons. The molecule has 0 atom stereocenters. The summed E-state index contributed by atoms with van der Waals surface area (Å²) >= 11 is 0. The lowest BCUT2D eigenvalue weighted by molar-refractivity contribution is 0.0559. The number of nitrogen functional groups attached to an aromatic ring is 1. The highest BCUT2D eigenvalue weighted by Crippen LogP contribution is 2.30. The first kappa shape index (κ1) is 19.0. The zero-order chi connectivity index (χ0) is 20.4. The van der Waals surface area contributed by atoms with Crippen LogP contribution in [0.25, 0.3) is 11.0 Å². The van der Waals surface area contributed by atoms with Gasteiger partial charge in [-0.1, -0.05) is 0 Å². The van der Waals surface area contributed by atoms with Crippen LogP contribution < -0.4 is 15.8 Å². The Morgan fingerprint density at radius 1 is 1.21 bits per heavy atom. The van der Waals surface area contributed by atoms with Crippen LogP contribution in [0.4, 0.5) is 14.5 Å². The normalized spacial score (nSPS) is 19.4. The standard InChI is InChI=1S/C19H20F2N6O2/c20-19(21)27-8-5-14(26-27)18(28)25-12-1-3-13(4-2-12)29-16-10-11(22)9-15-17(16)24-7-6-23-15/h5-10,12-13,19H,1-4,22H2,(H,25,28). The van der Waals surface area contributed by atoms with Gasteiger partial charge < -0.3 is 15.8 Å². The number of rotatable bonds is 5. The van der Waals surface area contributed by atoms with Crippen molar-refractivity contribution in [2.45, 2.75) is 44.4 Å². The predicted molar refractivity (Wildman–Crippen MR) is 102 cm³/mol. The molecule has 0 aliphatic heterocycles. The van der Waals surface area contributed by atoms with Gasteiger partial charge in [0.1, 0.15) is 17.0 Å². The van der Waals surface area contributed by atoms with Crippen molar-refractivity contribution in [2.75, 3.05) is 5.73 Å². The number of nitrogens with one attached hydrogen (secondary N) is 1. The van der Waals surface area contributed by atoms with Gasteiger partial charge >= 0.3 is 6.55 Å². The fourth-order valence-electron chi connectivity index (χ4n) is 3.49. The highest BCUT2D eigenvalue weighted by atomic mass is 19.3. The Bertz CT molecular complexity index is 1020. The van der Waals surface area contributed by atoms with Crippen LogP contribution in [0.2, 0.25) is 0 Å². The van der Waals surface area contributed by atoms with Crippen LogP contribution in [-0.4, -0.2) is 37.8 Å². The second kappa shape index (κ2) is 7.98. The molecule has 1 fully saturated rings. The average molecular weight is 402 g/mol. The molecule has 0 saturated heterocycles. The van der Waals surface area contributed by atoms with Crippen molar-refractivity contribution in [1.29, 1.82) is 0 Å². The number of nitrogens with zero attached hydrogens (tertiary/aromatic N) is 4. The highest BCUT2D eigenvalue weighted by molar-refractivity contribution is 5.92. The molecule has 29 heavy (non-hydrogen) atoms. The maximum absolute atomic E-state index is 12.6. The van der Waals surface area contributed by atoms with E-state index in [2.05, 4.69) is 20.4 Å². The fraction of sp³-hybridized carbons (Fsp3) is 0.368. The van der Waals surface area contributed by atoms with Gasteiger partial charge in [0.05, 0.1) is 11.6 Å². The summed E-state index contributed by atoms with van der Waals surface area (Å²) in [5.74, 6) is 0.143. The van der Waals surface area contributed by atoms with Crippen LogP contribution in [-0.2, 0) is 0 Å². The second-order valence-corrected chi connectivity index (χ2v) is 6.97. The van der Waals surface area contributed by atoms with Crippen molar-refractivity contribution in [3.8, 4) is 5.75 Å². The third-order valence-corrected chi connectivity index (χ3v) is 4.91. The number of benzene rings is 1. The van der Waals surface area contributed by atoms with Gasteiger partial charge in [0.15, 0.2) is 0 Å². The molecule has 3 N–H and O–H groups in total. The first-order chi connectivity index (χ1) is 14.0. The summed E-state index contributed by atoms with van der Waals surface area (Å²) in [6.07, 6.45) is 7.13. The lowest BCUT2D eigenvalue weighted by atomic mass is 9.92. The predicted octanol–water partition coefficient (Wildman–Crippen LogP) is 2.92. The number of carbonyl (C=O) groups excluding carboxylic acids is 1. The van der Waals surface area contributed by atoms with Crippen LogP contribution in [0.15, 0.2) is 36.8 Å². The Labute approximate surface area is 165 Å². The highest BCUT2D eigenvalue weighted by Gasteiger charge is 2.25. The number of aromatic nitrogens is 4. The topological polar surface area (TPSA) is 108 Å². The van der Waals surface area contributed by atoms with Gasteiger partial charge in [0.25, 0.3) is 5.91 Å². The van der Waals surface area contributed by atoms with Crippen LogP contribution in [0.5, 0.6) is 5.75 Å². The third-order valence-electron chi connectivity index (χ3n) is 4.91. The van der Waals surface area contributed by atoms with E-state index in [0.29, 0.717) is 40.0 Å². The maximum Gasteiger partial charge on any atom is 0.333 e. The number of alkyl halides is 2. The number of carbonyl (C=O) groups is 1. The molecule has 0 unspecified atom stereocenters. The minimum Gasteiger partial charge on any atom is -0.488 e. The van der Waals surface area contributed by atoms with Crippen LogP contribution >= 0.6 is 0 Å². The van der Waals surface area contributed by atoms with Crippen LogP contribution in [0.3, 0.4) is 0 Å². The molecule has 0 radical (unpaired) electrons. The van der Waals surface area contributed by atoms with Gasteiger partial charge in [-0.2, -0.15) is 13.9 Å². The Hall–Kier alpha value is -3.30. The summed E-state index contributed by atoms with van der Waals surface area (Å²) in [4.78, 5) is 20.8. The number of nitrogens with two attached hydrogens (primary N) is 1. The van der Waals surface area contributed by atoms with Gasteiger partial charge in [0, 0.05) is 36.4 Å². The Morgan fingerprint density at radius 3 is 2.69 bits per heavy atom. The molecule has 0 spiro atoms. The molecule has 4 rings (SSSR count). The largest absolute Gasteiger partial charge is 0.488 e. The molecule has 0 bridgehead atoms. The Kier molecular flexibility index (Phi) is 5.24. The number of anilines is 1. The van der Waals surface area contributed by atoms with E-state index in [4.69, 9.17) is 10.5 Å². The fourth-order valence-corrected chi connectivity index (χ4v) is 3.49. The van der Waals surface area contributed by atoms with E-state index < -0.39 is 12.5 Å². The van der Waals surface area contributed by atoms with Crippen molar-refractivity contribution >= 4 is 22.6 Å². The van der Waals surface area contributed by atoms with E-state index >= 15 is 0 Å². The quantitative estimate of drug-likeness (QED) is 0.636. The van der Waals surface area contributed by atoms with Gasteiger partial charge in [-0.3, -0.25) is 9.78 Å². The molecular formula is C19H20F2N6O2. The van der Waals surface area contributed by atoms with Crippen LogP contribution in [0, 0.1) is 0 Å². The first-order valence-electron chi connectivity index (χ1n) is 9.30. The van der Waals surface area contributed by atoms with Crippen molar-refractivity contribution < 1.29 is 18.3 Å². The summed E-state index contributed by atoms with van der Waals surface area (Å²) in [7, 11) is 0. The SMILES string of the molecule is Nc1cc(OC2CCC(NC(=O)c3ccn(C(F)F)n3)CC2)c2nccnc2c1.